The zero-order chi connectivity index (χ0) is 27.0. The molecule has 0 spiro atoms. The third kappa shape index (κ3) is 5.19. The van der Waals surface area contributed by atoms with Crippen LogP contribution >= 0.6 is 0 Å². The van der Waals surface area contributed by atoms with Crippen LogP contribution in [0.4, 0.5) is 0 Å². The van der Waals surface area contributed by atoms with E-state index in [2.05, 4.69) is 26.2 Å². The van der Waals surface area contributed by atoms with Gasteiger partial charge in [-0.05, 0) is 74.0 Å². The second kappa shape index (κ2) is 11.1. The van der Waals surface area contributed by atoms with Crippen molar-refractivity contribution in [1.29, 1.82) is 0 Å². The summed E-state index contributed by atoms with van der Waals surface area (Å²) in [5.41, 5.74) is 6.42. The minimum absolute atomic E-state index is 0. The van der Waals surface area contributed by atoms with Gasteiger partial charge in [0.1, 0.15) is 0 Å². The molecule has 0 unspecified atom stereocenters. The zero-order valence-electron chi connectivity index (χ0n) is 22.7. The van der Waals surface area contributed by atoms with E-state index >= 15 is 0 Å². The van der Waals surface area contributed by atoms with Gasteiger partial charge >= 0.3 is 21.1 Å². The van der Waals surface area contributed by atoms with Crippen molar-refractivity contribution in [3.63, 3.8) is 0 Å². The molecule has 40 heavy (non-hydrogen) atoms. The van der Waals surface area contributed by atoms with E-state index in [9.17, 15) is 0 Å². The van der Waals surface area contributed by atoms with Crippen molar-refractivity contribution in [2.24, 2.45) is 14.1 Å². The molecule has 0 radical (unpaired) electrons. The number of aromatic nitrogens is 6. The standard InChI is InChI=1S/C33H28N6.Pt/c1-33(2,29-19-11-17-25(34-29)27-21-38(3)31(36-27)23-13-7-5-8-14-23)30-20-12-18-26(35-30)28-22-39(4)32(37-28)24-15-9-6-10-16-24;/h5-20H,1-4H3;/q-2;+2. The van der Waals surface area contributed by atoms with E-state index in [1.54, 1.807) is 0 Å². The van der Waals surface area contributed by atoms with Gasteiger partial charge in [0.05, 0.1) is 0 Å². The van der Waals surface area contributed by atoms with Crippen LogP contribution in [0.1, 0.15) is 25.2 Å². The summed E-state index contributed by atoms with van der Waals surface area (Å²) in [6, 6.07) is 32.3. The number of rotatable bonds is 6. The first-order valence-corrected chi connectivity index (χ1v) is 12.9. The smallest absolute Gasteiger partial charge is 0.440 e. The Morgan fingerprint density at radius 3 is 1.32 bits per heavy atom. The van der Waals surface area contributed by atoms with E-state index in [4.69, 9.17) is 19.9 Å². The quantitative estimate of drug-likeness (QED) is 0.185. The molecule has 0 aliphatic rings. The number of hydrogen-bond donors (Lipinski definition) is 0. The van der Waals surface area contributed by atoms with E-state index in [1.165, 1.54) is 0 Å². The van der Waals surface area contributed by atoms with Crippen molar-refractivity contribution in [1.82, 2.24) is 29.1 Å². The van der Waals surface area contributed by atoms with Crippen molar-refractivity contribution in [2.45, 2.75) is 19.3 Å². The van der Waals surface area contributed by atoms with Gasteiger partial charge in [0.25, 0.3) is 0 Å². The van der Waals surface area contributed by atoms with Crippen LogP contribution in [0.5, 0.6) is 0 Å². The first-order valence-electron chi connectivity index (χ1n) is 12.9. The Labute approximate surface area is 249 Å². The molecule has 0 fully saturated rings. The summed E-state index contributed by atoms with van der Waals surface area (Å²) in [5.74, 6) is 1.71. The molecule has 0 saturated carbocycles. The number of nitrogens with zero attached hydrogens (tertiary/aromatic N) is 6. The molecule has 2 aromatic carbocycles. The largest absolute Gasteiger partial charge is 2.00 e. The van der Waals surface area contributed by atoms with Crippen LogP contribution in [0.2, 0.25) is 0 Å². The van der Waals surface area contributed by atoms with Gasteiger partial charge < -0.3 is 29.1 Å². The summed E-state index contributed by atoms with van der Waals surface area (Å²) in [6.07, 6.45) is 6.68. The maximum atomic E-state index is 5.02. The molecule has 0 aliphatic carbocycles. The average Bonchev–Trinajstić information content (AvgIpc) is 3.57. The Hall–Kier alpha value is -4.15. The van der Waals surface area contributed by atoms with Gasteiger partial charge in [0.2, 0.25) is 0 Å². The van der Waals surface area contributed by atoms with Gasteiger partial charge in [-0.25, -0.2) is 0 Å². The molecule has 6 nitrogen and oxygen atoms in total. The van der Waals surface area contributed by atoms with Crippen molar-refractivity contribution >= 4 is 0 Å². The minimum Gasteiger partial charge on any atom is -0.440 e. The van der Waals surface area contributed by atoms with E-state index in [1.807, 2.05) is 120 Å². The Morgan fingerprint density at radius 2 is 0.925 bits per heavy atom. The summed E-state index contributed by atoms with van der Waals surface area (Å²) < 4.78 is 3.84. The molecule has 4 aromatic heterocycles. The van der Waals surface area contributed by atoms with Crippen LogP contribution < -0.4 is 0 Å². The molecule has 6 rings (SSSR count). The summed E-state index contributed by atoms with van der Waals surface area (Å²) in [6.45, 7) is 4.28. The summed E-state index contributed by atoms with van der Waals surface area (Å²) in [7, 11) is 3.92. The SMILES string of the molecule is Cn1[c-]c(-c2cccc(C(C)(C)c3cccc(-c4[c-]n(C)c(-c5ccccc5)n4)n3)n2)nc1-c1ccccc1.[Pt+2]. The molecule has 0 atom stereocenters. The molecule has 0 bridgehead atoms. The van der Waals surface area contributed by atoms with Crippen LogP contribution in [0.25, 0.3) is 45.6 Å². The Morgan fingerprint density at radius 1 is 0.525 bits per heavy atom. The molecule has 0 saturated heterocycles. The normalized spacial score (nSPS) is 11.3. The van der Waals surface area contributed by atoms with Crippen LogP contribution in [0.15, 0.2) is 97.1 Å². The van der Waals surface area contributed by atoms with Crippen LogP contribution in [-0.4, -0.2) is 29.1 Å². The topological polar surface area (TPSA) is 61.4 Å². The number of benzene rings is 2. The van der Waals surface area contributed by atoms with E-state index in [0.717, 1.165) is 45.6 Å². The maximum absolute atomic E-state index is 5.02. The van der Waals surface area contributed by atoms with Gasteiger partial charge in [0.15, 0.2) is 0 Å². The third-order valence-electron chi connectivity index (χ3n) is 6.95. The van der Waals surface area contributed by atoms with Gasteiger partial charge in [-0.2, -0.15) is 0 Å². The summed E-state index contributed by atoms with van der Waals surface area (Å²) in [5, 5.41) is 0. The van der Waals surface area contributed by atoms with Crippen molar-refractivity contribution in [3.8, 4) is 45.6 Å². The molecule has 0 amide bonds. The van der Waals surface area contributed by atoms with E-state index in [-0.39, 0.29) is 21.1 Å². The van der Waals surface area contributed by atoms with E-state index in [0.29, 0.717) is 11.4 Å². The van der Waals surface area contributed by atoms with Gasteiger partial charge in [-0.15, -0.1) is 0 Å². The average molecular weight is 704 g/mol. The maximum Gasteiger partial charge on any atom is 2.00 e. The number of imidazole rings is 2. The molecular formula is C33H28N6Pt. The van der Waals surface area contributed by atoms with Gasteiger partial charge in [-0.1, -0.05) is 97.3 Å². The molecule has 0 N–H and O–H groups in total. The monoisotopic (exact) mass is 703 g/mol. The molecule has 0 aliphatic heterocycles. The van der Waals surface area contributed by atoms with Crippen LogP contribution in [0, 0.1) is 12.4 Å². The number of hydrogen-bond acceptors (Lipinski definition) is 4. The zero-order valence-corrected chi connectivity index (χ0v) is 25.0. The Kier molecular flexibility index (Phi) is 7.64. The van der Waals surface area contributed by atoms with E-state index < -0.39 is 5.41 Å². The Bertz CT molecular complexity index is 1620. The molecular weight excluding hydrogens is 675 g/mol. The van der Waals surface area contributed by atoms with Crippen molar-refractivity contribution < 1.29 is 21.1 Å². The molecule has 6 aromatic rings. The van der Waals surface area contributed by atoms with Crippen molar-refractivity contribution in [2.75, 3.05) is 0 Å². The van der Waals surface area contributed by atoms with Gasteiger partial charge in [0, 0.05) is 28.5 Å². The summed E-state index contributed by atoms with van der Waals surface area (Å²) in [4.78, 5) is 19.7. The first-order chi connectivity index (χ1) is 18.9. The molecule has 200 valence electrons. The fourth-order valence-corrected chi connectivity index (χ4v) is 4.72. The summed E-state index contributed by atoms with van der Waals surface area (Å²) >= 11 is 0. The van der Waals surface area contributed by atoms with Gasteiger partial charge in [-0.3, -0.25) is 0 Å². The third-order valence-corrected chi connectivity index (χ3v) is 6.95. The van der Waals surface area contributed by atoms with Crippen LogP contribution in [-0.2, 0) is 40.6 Å². The second-order valence-electron chi connectivity index (χ2n) is 10.1. The Balaban J connectivity index is 0.00000323. The molecule has 4 heterocycles. The first kappa shape index (κ1) is 27.4. The van der Waals surface area contributed by atoms with Crippen LogP contribution in [0.3, 0.4) is 0 Å². The predicted molar refractivity (Wildman–Crippen MR) is 154 cm³/mol. The molecule has 7 heteroatoms. The number of aryl methyl sites for hydroxylation is 2. The fraction of sp³-hybridized carbons (Fsp3) is 0.152. The predicted octanol–water partition coefficient (Wildman–Crippen LogP) is 6.54. The second-order valence-corrected chi connectivity index (χ2v) is 10.1. The van der Waals surface area contributed by atoms with Crippen molar-refractivity contribution in [3.05, 3.63) is 121 Å². The fourth-order valence-electron chi connectivity index (χ4n) is 4.72. The number of pyridine rings is 2. The minimum atomic E-state index is -0.458.